The molecule has 1 aromatic heterocycles. The van der Waals surface area contributed by atoms with Gasteiger partial charge in [0.2, 0.25) is 5.75 Å². The highest BCUT2D eigenvalue weighted by molar-refractivity contribution is 7.10. The normalized spacial score (nSPS) is 13.3. The van der Waals surface area contributed by atoms with Crippen LogP contribution in [0.2, 0.25) is 0 Å². The molecule has 6 nitrogen and oxygen atoms in total. The number of hydrogen-bond acceptors (Lipinski definition) is 7. The zero-order valence-corrected chi connectivity index (χ0v) is 16.6. The van der Waals surface area contributed by atoms with Crippen molar-refractivity contribution in [3.05, 3.63) is 40.1 Å². The number of carbonyl (C=O) groups is 1. The Labute approximate surface area is 157 Å². The number of aromatic hydroxyl groups is 1. The third-order valence-corrected chi connectivity index (χ3v) is 5.47. The van der Waals surface area contributed by atoms with Crippen molar-refractivity contribution < 1.29 is 24.1 Å². The smallest absolute Gasteiger partial charge is 0.332 e. The standard InChI is InChI=1S/C19H25NO5S/c1-6-19(20(2)3,16-8-7-9-26-16)18(22)25-12-13-10-14(23-4)17(21)15(11-13)24-5/h7-11,21H,6,12H2,1-5H3. The molecule has 1 atom stereocenters. The highest BCUT2D eigenvalue weighted by Crippen LogP contribution is 2.38. The zero-order chi connectivity index (χ0) is 19.3. The molecule has 0 amide bonds. The summed E-state index contributed by atoms with van der Waals surface area (Å²) in [5.74, 6) is 0.129. The van der Waals surface area contributed by atoms with Gasteiger partial charge in [0.1, 0.15) is 6.61 Å². The molecule has 142 valence electrons. The van der Waals surface area contributed by atoms with E-state index in [0.29, 0.717) is 12.0 Å². The SMILES string of the molecule is CCC(C(=O)OCc1cc(OC)c(O)c(OC)c1)(c1cccs1)N(C)C. The van der Waals surface area contributed by atoms with E-state index in [2.05, 4.69) is 0 Å². The van der Waals surface area contributed by atoms with E-state index >= 15 is 0 Å². The van der Waals surface area contributed by atoms with Gasteiger partial charge in [-0.3, -0.25) is 4.90 Å². The second-order valence-corrected chi connectivity index (χ2v) is 6.96. The third-order valence-electron chi connectivity index (χ3n) is 4.45. The molecular weight excluding hydrogens is 354 g/mol. The third kappa shape index (κ3) is 3.64. The number of phenolic OH excluding ortho intramolecular Hbond substituents is 1. The molecule has 0 saturated heterocycles. The van der Waals surface area contributed by atoms with Gasteiger partial charge in [-0.25, -0.2) is 4.79 Å². The highest BCUT2D eigenvalue weighted by atomic mass is 32.1. The van der Waals surface area contributed by atoms with Gasteiger partial charge in [-0.2, -0.15) is 0 Å². The Bertz CT molecular complexity index is 719. The molecule has 0 bridgehead atoms. The number of carbonyl (C=O) groups excluding carboxylic acids is 1. The van der Waals surface area contributed by atoms with Gasteiger partial charge in [0.15, 0.2) is 17.0 Å². The van der Waals surface area contributed by atoms with Crippen LogP contribution in [-0.4, -0.2) is 44.3 Å². The Kier molecular flexibility index (Phi) is 6.50. The minimum Gasteiger partial charge on any atom is -0.502 e. The van der Waals surface area contributed by atoms with Crippen molar-refractivity contribution >= 4 is 17.3 Å². The van der Waals surface area contributed by atoms with E-state index in [4.69, 9.17) is 14.2 Å². The molecule has 1 heterocycles. The molecular formula is C19H25NO5S. The van der Waals surface area contributed by atoms with Crippen LogP contribution in [-0.2, 0) is 21.7 Å². The summed E-state index contributed by atoms with van der Waals surface area (Å²) in [6.45, 7) is 2.01. The van der Waals surface area contributed by atoms with E-state index in [0.717, 1.165) is 4.88 Å². The summed E-state index contributed by atoms with van der Waals surface area (Å²) in [5.41, 5.74) is -0.168. The minimum atomic E-state index is -0.834. The van der Waals surface area contributed by atoms with Crippen LogP contribution < -0.4 is 9.47 Å². The maximum Gasteiger partial charge on any atom is 0.332 e. The van der Waals surface area contributed by atoms with Crippen LogP contribution in [0.1, 0.15) is 23.8 Å². The predicted octanol–water partition coefficient (Wildman–Crippen LogP) is 3.38. The van der Waals surface area contributed by atoms with Crippen molar-refractivity contribution in [1.29, 1.82) is 0 Å². The molecule has 1 N–H and O–H groups in total. The Balaban J connectivity index is 2.26. The number of nitrogens with zero attached hydrogens (tertiary/aromatic N) is 1. The number of ether oxygens (including phenoxy) is 3. The van der Waals surface area contributed by atoms with Gasteiger partial charge in [0.05, 0.1) is 14.2 Å². The van der Waals surface area contributed by atoms with Crippen molar-refractivity contribution in [2.75, 3.05) is 28.3 Å². The second-order valence-electron chi connectivity index (χ2n) is 6.01. The van der Waals surface area contributed by atoms with Crippen molar-refractivity contribution in [3.63, 3.8) is 0 Å². The van der Waals surface area contributed by atoms with Gasteiger partial charge in [0, 0.05) is 4.88 Å². The Hall–Kier alpha value is -2.25. The molecule has 2 rings (SSSR count). The predicted molar refractivity (Wildman–Crippen MR) is 101 cm³/mol. The van der Waals surface area contributed by atoms with Crippen molar-refractivity contribution in [3.8, 4) is 17.2 Å². The van der Waals surface area contributed by atoms with Crippen molar-refractivity contribution in [2.24, 2.45) is 0 Å². The summed E-state index contributed by atoms with van der Waals surface area (Å²) in [6, 6.07) is 7.12. The number of benzene rings is 1. The minimum absolute atomic E-state index is 0.0484. The Morgan fingerprint density at radius 1 is 1.23 bits per heavy atom. The fourth-order valence-corrected chi connectivity index (χ4v) is 4.02. The van der Waals surface area contributed by atoms with E-state index in [1.165, 1.54) is 25.6 Å². The first-order valence-electron chi connectivity index (χ1n) is 8.23. The summed E-state index contributed by atoms with van der Waals surface area (Å²) in [6.07, 6.45) is 0.585. The summed E-state index contributed by atoms with van der Waals surface area (Å²) >= 11 is 1.53. The van der Waals surface area contributed by atoms with Crippen molar-refractivity contribution in [1.82, 2.24) is 4.90 Å². The molecule has 0 aliphatic heterocycles. The first-order chi connectivity index (χ1) is 12.4. The van der Waals surface area contributed by atoms with E-state index < -0.39 is 5.54 Å². The van der Waals surface area contributed by atoms with Crippen LogP contribution in [0.15, 0.2) is 29.6 Å². The molecule has 1 unspecified atom stereocenters. The van der Waals surface area contributed by atoms with Gasteiger partial charge in [0.25, 0.3) is 0 Å². The molecule has 26 heavy (non-hydrogen) atoms. The average molecular weight is 379 g/mol. The number of likely N-dealkylation sites (N-methyl/N-ethyl adjacent to an activating group) is 1. The highest BCUT2D eigenvalue weighted by Gasteiger charge is 2.43. The number of hydrogen-bond donors (Lipinski definition) is 1. The van der Waals surface area contributed by atoms with Crippen LogP contribution in [0.3, 0.4) is 0 Å². The van der Waals surface area contributed by atoms with Gasteiger partial charge in [-0.1, -0.05) is 13.0 Å². The number of methoxy groups -OCH3 is 2. The lowest BCUT2D eigenvalue weighted by molar-refractivity contribution is -0.159. The molecule has 0 fully saturated rings. The molecule has 0 aliphatic carbocycles. The van der Waals surface area contributed by atoms with E-state index in [9.17, 15) is 9.90 Å². The fraction of sp³-hybridized carbons (Fsp3) is 0.421. The Morgan fingerprint density at radius 2 is 1.85 bits per heavy atom. The van der Waals surface area contributed by atoms with Crippen LogP contribution in [0.4, 0.5) is 0 Å². The summed E-state index contributed by atoms with van der Waals surface area (Å²) in [4.78, 5) is 15.8. The number of rotatable bonds is 8. The van der Waals surface area contributed by atoms with Gasteiger partial charge in [-0.15, -0.1) is 11.3 Å². The zero-order valence-electron chi connectivity index (χ0n) is 15.7. The van der Waals surface area contributed by atoms with Crippen LogP contribution >= 0.6 is 11.3 Å². The first kappa shape index (κ1) is 20.1. The number of thiophene rings is 1. The van der Waals surface area contributed by atoms with Crippen LogP contribution in [0.5, 0.6) is 17.2 Å². The molecule has 0 aliphatic rings. The fourth-order valence-electron chi connectivity index (χ4n) is 2.95. The van der Waals surface area contributed by atoms with Gasteiger partial charge in [-0.05, 0) is 49.7 Å². The summed E-state index contributed by atoms with van der Waals surface area (Å²) in [7, 11) is 6.65. The van der Waals surface area contributed by atoms with Crippen molar-refractivity contribution in [2.45, 2.75) is 25.5 Å². The quantitative estimate of drug-likeness (QED) is 0.709. The number of esters is 1. The molecule has 1 aromatic carbocycles. The molecule has 7 heteroatoms. The van der Waals surface area contributed by atoms with E-state index in [-0.39, 0.29) is 29.8 Å². The molecule has 2 aromatic rings. The van der Waals surface area contributed by atoms with Gasteiger partial charge < -0.3 is 19.3 Å². The van der Waals surface area contributed by atoms with Gasteiger partial charge >= 0.3 is 5.97 Å². The summed E-state index contributed by atoms with van der Waals surface area (Å²) in [5, 5.41) is 11.9. The Morgan fingerprint density at radius 3 is 2.27 bits per heavy atom. The lowest BCUT2D eigenvalue weighted by atomic mass is 9.92. The summed E-state index contributed by atoms with van der Waals surface area (Å²) < 4.78 is 15.9. The maximum absolute atomic E-state index is 13.0. The molecule has 0 spiro atoms. The lowest BCUT2D eigenvalue weighted by Gasteiger charge is -2.35. The van der Waals surface area contributed by atoms with E-state index in [1.54, 1.807) is 12.1 Å². The van der Waals surface area contributed by atoms with Crippen LogP contribution in [0, 0.1) is 0 Å². The number of phenols is 1. The topological polar surface area (TPSA) is 68.2 Å². The largest absolute Gasteiger partial charge is 0.502 e. The molecule has 0 radical (unpaired) electrons. The maximum atomic E-state index is 13.0. The average Bonchev–Trinajstić information content (AvgIpc) is 3.16. The second kappa shape index (κ2) is 8.42. The first-order valence-corrected chi connectivity index (χ1v) is 9.11. The van der Waals surface area contributed by atoms with E-state index in [1.807, 2.05) is 43.4 Å². The molecule has 0 saturated carbocycles. The monoisotopic (exact) mass is 379 g/mol. The lowest BCUT2D eigenvalue weighted by Crippen LogP contribution is -2.48. The van der Waals surface area contributed by atoms with Crippen LogP contribution in [0.25, 0.3) is 0 Å².